The predicted molar refractivity (Wildman–Crippen MR) is 110 cm³/mol. The minimum Gasteiger partial charge on any atom is -0.338 e. The molecule has 1 aliphatic heterocycles. The maximum Gasteiger partial charge on any atom is 0.257 e. The summed E-state index contributed by atoms with van der Waals surface area (Å²) in [4.78, 5) is 15.3. The number of nitrogens with zero attached hydrogens (tertiary/aromatic N) is 3. The molecule has 2 heterocycles. The van der Waals surface area contributed by atoms with Gasteiger partial charge in [-0.25, -0.2) is 0 Å². The lowest BCUT2D eigenvalue weighted by Crippen LogP contribution is -2.45. The van der Waals surface area contributed by atoms with Crippen molar-refractivity contribution in [1.29, 1.82) is 0 Å². The number of hydrogen-bond acceptors (Lipinski definition) is 3. The molecule has 1 saturated heterocycles. The Kier molecular flexibility index (Phi) is 5.63. The number of amides is 1. The first-order valence-electron chi connectivity index (χ1n) is 9.58. The summed E-state index contributed by atoms with van der Waals surface area (Å²) < 4.78 is 1.85. The Balaban J connectivity index is 2.02. The molecule has 27 heavy (non-hydrogen) atoms. The van der Waals surface area contributed by atoms with E-state index in [9.17, 15) is 4.79 Å². The molecule has 2 atom stereocenters. The number of piperidine rings is 1. The number of carbonyl (C=O) groups is 1. The molecule has 0 bridgehead atoms. The van der Waals surface area contributed by atoms with E-state index < -0.39 is 0 Å². The first-order valence-corrected chi connectivity index (χ1v) is 9.96. The van der Waals surface area contributed by atoms with Crippen molar-refractivity contribution >= 4 is 17.5 Å². The number of hydrogen-bond donors (Lipinski definition) is 1. The van der Waals surface area contributed by atoms with Crippen molar-refractivity contribution in [2.75, 3.05) is 13.1 Å². The van der Waals surface area contributed by atoms with Crippen LogP contribution in [0.2, 0.25) is 5.02 Å². The van der Waals surface area contributed by atoms with Crippen molar-refractivity contribution < 1.29 is 4.79 Å². The predicted octanol–water partition coefficient (Wildman–Crippen LogP) is 4.16. The van der Waals surface area contributed by atoms with Crippen LogP contribution in [0, 0.1) is 5.92 Å². The van der Waals surface area contributed by atoms with Gasteiger partial charge in [0.05, 0.1) is 16.1 Å². The lowest BCUT2D eigenvalue weighted by molar-refractivity contribution is 0.0661. The summed E-state index contributed by atoms with van der Waals surface area (Å²) in [5, 5.41) is 5.34. The number of nitrogens with two attached hydrogens (primary N) is 1. The molecule has 0 radical (unpaired) electrons. The van der Waals surface area contributed by atoms with Gasteiger partial charge in [-0.15, -0.1) is 0 Å². The normalized spacial score (nSPS) is 19.2. The van der Waals surface area contributed by atoms with Crippen molar-refractivity contribution in [3.05, 3.63) is 41.0 Å². The van der Waals surface area contributed by atoms with Gasteiger partial charge in [0.15, 0.2) is 0 Å². The second-order valence-corrected chi connectivity index (χ2v) is 8.91. The molecule has 2 aromatic rings. The highest BCUT2D eigenvalue weighted by atomic mass is 35.5. The van der Waals surface area contributed by atoms with Gasteiger partial charge >= 0.3 is 0 Å². The third-order valence-electron chi connectivity index (χ3n) is 5.25. The van der Waals surface area contributed by atoms with Crippen LogP contribution in [0.5, 0.6) is 0 Å². The van der Waals surface area contributed by atoms with Gasteiger partial charge < -0.3 is 10.6 Å². The number of halogens is 1. The maximum atomic E-state index is 13.4. The number of rotatable bonds is 3. The molecule has 6 heteroatoms. The van der Waals surface area contributed by atoms with Gasteiger partial charge in [-0.05, 0) is 52.5 Å². The van der Waals surface area contributed by atoms with Crippen LogP contribution in [0.25, 0.3) is 11.3 Å². The molecule has 0 spiro atoms. The standard InChI is InChI=1S/C21H29ClN4O/c1-14(23)15-8-7-11-25(12-15)20(27)17-13-26(21(2,3)4)24-19(17)16-9-5-6-10-18(16)22/h5-6,9-10,13-15H,7-8,11-12,23H2,1-4H3. The van der Waals surface area contributed by atoms with Crippen molar-refractivity contribution in [2.45, 2.75) is 52.1 Å². The van der Waals surface area contributed by atoms with Crippen LogP contribution < -0.4 is 5.73 Å². The molecule has 0 saturated carbocycles. The smallest absolute Gasteiger partial charge is 0.257 e. The minimum atomic E-state index is -0.231. The summed E-state index contributed by atoms with van der Waals surface area (Å²) in [5.41, 5.74) is 7.89. The van der Waals surface area contributed by atoms with Crippen LogP contribution in [0.3, 0.4) is 0 Å². The Labute approximate surface area is 166 Å². The van der Waals surface area contributed by atoms with Gasteiger partial charge in [0.25, 0.3) is 5.91 Å². The highest BCUT2D eigenvalue weighted by Gasteiger charge is 2.30. The molecular weight excluding hydrogens is 360 g/mol. The van der Waals surface area contributed by atoms with E-state index in [2.05, 4.69) is 20.8 Å². The van der Waals surface area contributed by atoms with Gasteiger partial charge in [-0.2, -0.15) is 5.10 Å². The average molecular weight is 389 g/mol. The van der Waals surface area contributed by atoms with Gasteiger partial charge in [0.2, 0.25) is 0 Å². The average Bonchev–Trinajstić information content (AvgIpc) is 3.07. The van der Waals surface area contributed by atoms with E-state index in [1.807, 2.05) is 47.0 Å². The van der Waals surface area contributed by atoms with Crippen molar-refractivity contribution in [3.8, 4) is 11.3 Å². The van der Waals surface area contributed by atoms with Crippen molar-refractivity contribution in [1.82, 2.24) is 14.7 Å². The van der Waals surface area contributed by atoms with Gasteiger partial charge in [-0.1, -0.05) is 29.8 Å². The summed E-state index contributed by atoms with van der Waals surface area (Å²) in [5.74, 6) is 0.342. The number of carbonyl (C=O) groups excluding carboxylic acids is 1. The van der Waals surface area contributed by atoms with E-state index in [-0.39, 0.29) is 17.5 Å². The molecule has 0 aliphatic carbocycles. The molecule has 5 nitrogen and oxygen atoms in total. The van der Waals surface area contributed by atoms with Gasteiger partial charge in [0.1, 0.15) is 5.69 Å². The summed E-state index contributed by atoms with van der Waals surface area (Å²) >= 11 is 6.42. The first-order chi connectivity index (χ1) is 12.7. The monoisotopic (exact) mass is 388 g/mol. The number of aromatic nitrogens is 2. The Morgan fingerprint density at radius 2 is 2.04 bits per heavy atom. The summed E-state index contributed by atoms with van der Waals surface area (Å²) in [7, 11) is 0. The summed E-state index contributed by atoms with van der Waals surface area (Å²) in [6.07, 6.45) is 3.91. The molecule has 3 rings (SSSR count). The lowest BCUT2D eigenvalue weighted by atomic mass is 9.91. The number of benzene rings is 1. The van der Waals surface area contributed by atoms with E-state index in [4.69, 9.17) is 22.4 Å². The van der Waals surface area contributed by atoms with Crippen LogP contribution in [0.4, 0.5) is 0 Å². The quantitative estimate of drug-likeness (QED) is 0.858. The number of likely N-dealkylation sites (tertiary alicyclic amines) is 1. The topological polar surface area (TPSA) is 64.2 Å². The highest BCUT2D eigenvalue weighted by Crippen LogP contribution is 2.32. The summed E-state index contributed by atoms with van der Waals surface area (Å²) in [6.45, 7) is 9.67. The molecule has 2 N–H and O–H groups in total. The zero-order chi connectivity index (χ0) is 19.8. The SMILES string of the molecule is CC(N)C1CCCN(C(=O)c2cn(C(C)(C)C)nc2-c2ccccc2Cl)C1. The molecular formula is C21H29ClN4O. The Morgan fingerprint density at radius 1 is 1.33 bits per heavy atom. The van der Waals surface area contributed by atoms with E-state index >= 15 is 0 Å². The molecule has 1 aliphatic rings. The van der Waals surface area contributed by atoms with Gasteiger partial charge in [0, 0.05) is 30.9 Å². The lowest BCUT2D eigenvalue weighted by Gasteiger charge is -2.34. The first kappa shape index (κ1) is 19.9. The summed E-state index contributed by atoms with van der Waals surface area (Å²) in [6, 6.07) is 7.62. The Morgan fingerprint density at radius 3 is 2.67 bits per heavy atom. The fourth-order valence-corrected chi connectivity index (χ4v) is 3.75. The second-order valence-electron chi connectivity index (χ2n) is 8.50. The Hall–Kier alpha value is -1.85. The molecule has 2 unspecified atom stereocenters. The van der Waals surface area contributed by atoms with Crippen molar-refractivity contribution in [2.24, 2.45) is 11.7 Å². The van der Waals surface area contributed by atoms with Crippen LogP contribution in [0.1, 0.15) is 50.9 Å². The van der Waals surface area contributed by atoms with Crippen LogP contribution in [-0.4, -0.2) is 39.7 Å². The zero-order valence-corrected chi connectivity index (χ0v) is 17.3. The molecule has 1 amide bonds. The van der Waals surface area contributed by atoms with Crippen LogP contribution in [0.15, 0.2) is 30.5 Å². The van der Waals surface area contributed by atoms with Crippen LogP contribution >= 0.6 is 11.6 Å². The molecule has 1 fully saturated rings. The second kappa shape index (κ2) is 7.64. The molecule has 1 aromatic carbocycles. The van der Waals surface area contributed by atoms with E-state index in [0.29, 0.717) is 28.7 Å². The Bertz CT molecular complexity index is 822. The zero-order valence-electron chi connectivity index (χ0n) is 16.6. The molecule has 146 valence electrons. The van der Waals surface area contributed by atoms with Crippen molar-refractivity contribution in [3.63, 3.8) is 0 Å². The van der Waals surface area contributed by atoms with E-state index in [1.54, 1.807) is 0 Å². The fourth-order valence-electron chi connectivity index (χ4n) is 3.52. The fraction of sp³-hybridized carbons (Fsp3) is 0.524. The maximum absolute atomic E-state index is 13.4. The minimum absolute atomic E-state index is 0.00534. The highest BCUT2D eigenvalue weighted by molar-refractivity contribution is 6.33. The van der Waals surface area contributed by atoms with E-state index in [1.165, 1.54) is 0 Å². The van der Waals surface area contributed by atoms with Gasteiger partial charge in [-0.3, -0.25) is 9.48 Å². The van der Waals surface area contributed by atoms with Crippen LogP contribution in [-0.2, 0) is 5.54 Å². The van der Waals surface area contributed by atoms with E-state index in [0.717, 1.165) is 24.9 Å². The third-order valence-corrected chi connectivity index (χ3v) is 5.58. The third kappa shape index (κ3) is 4.19. The largest absolute Gasteiger partial charge is 0.338 e. The molecule has 1 aromatic heterocycles.